The van der Waals surface area contributed by atoms with Gasteiger partial charge in [-0.3, -0.25) is 4.90 Å². The van der Waals surface area contributed by atoms with Gasteiger partial charge in [-0.25, -0.2) is 4.98 Å². The van der Waals surface area contributed by atoms with Gasteiger partial charge in [0.25, 0.3) is 5.95 Å². The van der Waals surface area contributed by atoms with Crippen molar-refractivity contribution in [3.05, 3.63) is 53.6 Å². The molecule has 6 heteroatoms. The summed E-state index contributed by atoms with van der Waals surface area (Å²) in [4.78, 5) is 5.86. The number of aliphatic hydroxyl groups excluding tert-OH is 1. The number of ether oxygens (including phenoxy) is 1. The second-order valence-electron chi connectivity index (χ2n) is 7.82. The van der Waals surface area contributed by atoms with Crippen LogP contribution in [0.15, 0.2) is 36.4 Å². The molecule has 1 saturated heterocycles. The quantitative estimate of drug-likeness (QED) is 0.790. The Morgan fingerprint density at radius 1 is 1.15 bits per heavy atom. The van der Waals surface area contributed by atoms with Crippen LogP contribution in [-0.2, 0) is 0 Å². The molecule has 0 bridgehead atoms. The molecule has 5 nitrogen and oxygen atoms in total. The van der Waals surface area contributed by atoms with Crippen molar-refractivity contribution < 1.29 is 19.3 Å². The van der Waals surface area contributed by atoms with Crippen LogP contribution in [0.2, 0.25) is 0 Å². The summed E-state index contributed by atoms with van der Waals surface area (Å²) in [5.41, 5.74) is 1.48. The maximum absolute atomic E-state index is 13.4. The molecule has 27 heavy (non-hydrogen) atoms. The minimum absolute atomic E-state index is 0.252. The molecule has 144 valence electrons. The van der Waals surface area contributed by atoms with Gasteiger partial charge >= 0.3 is 0 Å². The van der Waals surface area contributed by atoms with Crippen LogP contribution < -0.4 is 4.74 Å². The number of pyridine rings is 1. The third-order valence-corrected chi connectivity index (χ3v) is 5.73. The number of aromatic hydroxyl groups is 1. The molecule has 2 fully saturated rings. The van der Waals surface area contributed by atoms with Crippen molar-refractivity contribution in [3.63, 3.8) is 0 Å². The minimum atomic E-state index is -0.944. The Morgan fingerprint density at radius 3 is 2.44 bits per heavy atom. The zero-order valence-corrected chi connectivity index (χ0v) is 15.4. The Morgan fingerprint density at radius 2 is 1.81 bits per heavy atom. The highest BCUT2D eigenvalue weighted by Gasteiger charge is 2.42. The van der Waals surface area contributed by atoms with Gasteiger partial charge in [0, 0.05) is 19.6 Å². The van der Waals surface area contributed by atoms with Crippen LogP contribution >= 0.6 is 0 Å². The summed E-state index contributed by atoms with van der Waals surface area (Å²) in [5, 5.41) is 19.6. The number of hydrogen-bond donors (Lipinski definition) is 2. The first-order valence-corrected chi connectivity index (χ1v) is 9.47. The van der Waals surface area contributed by atoms with Crippen molar-refractivity contribution in [2.75, 3.05) is 19.6 Å². The number of β-amino-alcohol motifs (C(OH)–C–C–N with tert-alkyl or cyclic N) is 1. The van der Waals surface area contributed by atoms with Crippen LogP contribution in [0.5, 0.6) is 11.5 Å². The molecule has 1 aliphatic carbocycles. The van der Waals surface area contributed by atoms with Gasteiger partial charge in [-0.2, -0.15) is 4.39 Å². The lowest BCUT2D eigenvalue weighted by Gasteiger charge is -2.22. The van der Waals surface area contributed by atoms with Gasteiger partial charge in [0.15, 0.2) is 5.75 Å². The number of aliphatic hydroxyl groups is 1. The Bertz CT molecular complexity index is 785. The number of fused-ring (bicyclic) bond motifs is 1. The van der Waals surface area contributed by atoms with Gasteiger partial charge in [0.05, 0.1) is 11.8 Å². The molecule has 1 aromatic heterocycles. The van der Waals surface area contributed by atoms with Gasteiger partial charge in [-0.1, -0.05) is 17.7 Å². The van der Waals surface area contributed by atoms with E-state index >= 15 is 0 Å². The number of rotatable bonds is 5. The van der Waals surface area contributed by atoms with Crippen molar-refractivity contribution in [1.82, 2.24) is 9.88 Å². The molecule has 1 saturated carbocycles. The van der Waals surface area contributed by atoms with Gasteiger partial charge in [0.1, 0.15) is 11.9 Å². The van der Waals surface area contributed by atoms with E-state index in [9.17, 15) is 14.6 Å². The zero-order chi connectivity index (χ0) is 19.0. The maximum atomic E-state index is 13.4. The molecular formula is C21H25FN2O3. The number of aromatic nitrogens is 1. The van der Waals surface area contributed by atoms with E-state index in [2.05, 4.69) is 28.9 Å². The minimum Gasteiger partial charge on any atom is -0.504 e. The molecule has 0 spiro atoms. The number of nitrogens with zero attached hydrogens (tertiary/aromatic N) is 2. The van der Waals surface area contributed by atoms with Gasteiger partial charge in [-0.05, 0) is 55.9 Å². The highest BCUT2D eigenvalue weighted by Crippen LogP contribution is 2.40. The SMILES string of the molecule is Cc1ccc(O[C@H]2C[C@@H]3CN(CC(O)c4ccc(O)c(F)n4)C[C@@H]3C2)cc1. The van der Waals surface area contributed by atoms with E-state index in [0.717, 1.165) is 31.7 Å². The highest BCUT2D eigenvalue weighted by atomic mass is 19.1. The van der Waals surface area contributed by atoms with E-state index in [1.165, 1.54) is 17.7 Å². The van der Waals surface area contributed by atoms with E-state index in [1.54, 1.807) is 0 Å². The Kier molecular flexibility index (Phi) is 5.02. The summed E-state index contributed by atoms with van der Waals surface area (Å²) in [7, 11) is 0. The second kappa shape index (κ2) is 7.44. The first kappa shape index (κ1) is 18.2. The van der Waals surface area contributed by atoms with Gasteiger partial charge in [-0.15, -0.1) is 0 Å². The molecule has 2 aliphatic rings. The molecule has 1 unspecified atom stereocenters. The van der Waals surface area contributed by atoms with E-state index in [0.29, 0.717) is 18.4 Å². The predicted molar refractivity (Wildman–Crippen MR) is 99.1 cm³/mol. The zero-order valence-electron chi connectivity index (χ0n) is 15.4. The molecule has 2 aromatic rings. The first-order valence-electron chi connectivity index (χ1n) is 9.47. The lowest BCUT2D eigenvalue weighted by molar-refractivity contribution is 0.112. The third kappa shape index (κ3) is 4.06. The number of aryl methyl sites for hydroxylation is 1. The summed E-state index contributed by atoms with van der Waals surface area (Å²) in [6, 6.07) is 10.9. The molecule has 2 N–H and O–H groups in total. The van der Waals surface area contributed by atoms with E-state index < -0.39 is 17.8 Å². The molecule has 1 aromatic carbocycles. The lowest BCUT2D eigenvalue weighted by Crippen LogP contribution is -2.29. The van der Waals surface area contributed by atoms with Crippen LogP contribution in [0.3, 0.4) is 0 Å². The van der Waals surface area contributed by atoms with Gasteiger partial charge < -0.3 is 14.9 Å². The molecule has 4 rings (SSSR count). The van der Waals surface area contributed by atoms with E-state index in [4.69, 9.17) is 4.74 Å². The van der Waals surface area contributed by atoms with E-state index in [-0.39, 0.29) is 11.8 Å². The van der Waals surface area contributed by atoms with E-state index in [1.807, 2.05) is 12.1 Å². The maximum Gasteiger partial charge on any atom is 0.255 e. The van der Waals surface area contributed by atoms with Crippen molar-refractivity contribution in [2.45, 2.75) is 32.0 Å². The average Bonchev–Trinajstić information content (AvgIpc) is 3.17. The summed E-state index contributed by atoms with van der Waals surface area (Å²) in [6.07, 6.45) is 1.44. The lowest BCUT2D eigenvalue weighted by atomic mass is 10.0. The van der Waals surface area contributed by atoms with Crippen LogP contribution in [0, 0.1) is 24.7 Å². The van der Waals surface area contributed by atoms with Crippen LogP contribution in [0.25, 0.3) is 0 Å². The van der Waals surface area contributed by atoms with Crippen molar-refractivity contribution in [1.29, 1.82) is 0 Å². The Balaban J connectivity index is 1.29. The summed E-state index contributed by atoms with van der Waals surface area (Å²) in [5.74, 6) is 0.620. The summed E-state index contributed by atoms with van der Waals surface area (Å²) >= 11 is 0. The largest absolute Gasteiger partial charge is 0.504 e. The molecular weight excluding hydrogens is 347 g/mol. The molecule has 1 aliphatic heterocycles. The highest BCUT2D eigenvalue weighted by molar-refractivity contribution is 5.26. The second-order valence-corrected chi connectivity index (χ2v) is 7.82. The molecule has 0 radical (unpaired) electrons. The first-order chi connectivity index (χ1) is 13.0. The molecule has 0 amide bonds. The molecule has 4 atom stereocenters. The summed E-state index contributed by atoms with van der Waals surface area (Å²) in [6.45, 7) is 4.31. The van der Waals surface area contributed by atoms with Crippen molar-refractivity contribution in [3.8, 4) is 11.5 Å². The number of hydrogen-bond acceptors (Lipinski definition) is 5. The van der Waals surface area contributed by atoms with Crippen molar-refractivity contribution in [2.24, 2.45) is 11.8 Å². The van der Waals surface area contributed by atoms with Crippen molar-refractivity contribution >= 4 is 0 Å². The fourth-order valence-corrected chi connectivity index (χ4v) is 4.36. The van der Waals surface area contributed by atoms with Crippen LogP contribution in [0.1, 0.15) is 30.2 Å². The smallest absolute Gasteiger partial charge is 0.255 e. The predicted octanol–water partition coefficient (Wildman–Crippen LogP) is 3.06. The van der Waals surface area contributed by atoms with Crippen LogP contribution in [-0.4, -0.2) is 45.8 Å². The third-order valence-electron chi connectivity index (χ3n) is 5.73. The normalized spacial score (nSPS) is 26.1. The molecule has 2 heterocycles. The fourth-order valence-electron chi connectivity index (χ4n) is 4.36. The fraction of sp³-hybridized carbons (Fsp3) is 0.476. The Hall–Kier alpha value is -2.18. The monoisotopic (exact) mass is 372 g/mol. The standard InChI is InChI=1S/C21H25FN2O3/c1-13-2-4-16(5-3-13)27-17-8-14-10-24(11-15(14)9-17)12-20(26)18-6-7-19(25)21(22)23-18/h2-7,14-15,17,20,25-26H,8-12H2,1H3/t14-,15+,17+,20?. The summed E-state index contributed by atoms with van der Waals surface area (Å²) < 4.78 is 19.5. The topological polar surface area (TPSA) is 65.8 Å². The Labute approximate surface area is 158 Å². The van der Waals surface area contributed by atoms with Gasteiger partial charge in [0.2, 0.25) is 0 Å². The number of halogens is 1. The number of benzene rings is 1. The average molecular weight is 372 g/mol. The van der Waals surface area contributed by atoms with Crippen LogP contribution in [0.4, 0.5) is 4.39 Å². The number of likely N-dealkylation sites (tertiary alicyclic amines) is 1.